The Morgan fingerprint density at radius 3 is 2.75 bits per heavy atom. The van der Waals surface area contributed by atoms with Crippen LogP contribution in [0.5, 0.6) is 11.5 Å². The lowest BCUT2D eigenvalue weighted by Gasteiger charge is -2.13. The lowest BCUT2D eigenvalue weighted by Crippen LogP contribution is -2.04. The van der Waals surface area contributed by atoms with Crippen molar-refractivity contribution in [3.8, 4) is 11.5 Å². The first-order chi connectivity index (χ1) is 9.63. The van der Waals surface area contributed by atoms with Crippen LogP contribution in [0, 0.1) is 0 Å². The molecule has 0 spiro atoms. The van der Waals surface area contributed by atoms with E-state index in [1.165, 1.54) is 0 Å². The summed E-state index contributed by atoms with van der Waals surface area (Å²) in [5.74, 6) is 1.20. The minimum absolute atomic E-state index is 0.461. The highest BCUT2D eigenvalue weighted by molar-refractivity contribution is 9.11. The van der Waals surface area contributed by atoms with Crippen LogP contribution >= 0.6 is 38.9 Å². The van der Waals surface area contributed by atoms with Crippen LogP contribution in [0.2, 0.25) is 5.02 Å². The molecule has 0 aliphatic carbocycles. The minimum atomic E-state index is 0.461. The summed E-state index contributed by atoms with van der Waals surface area (Å²) in [4.78, 5) is 1.11. The average Bonchev–Trinajstić information content (AvgIpc) is 2.83. The number of methoxy groups -OCH3 is 1. The Labute approximate surface area is 135 Å². The van der Waals surface area contributed by atoms with Crippen molar-refractivity contribution in [1.82, 2.24) is 0 Å². The molecule has 0 saturated heterocycles. The van der Waals surface area contributed by atoms with Gasteiger partial charge in [-0.05, 0) is 58.7 Å². The Hall–Kier alpha value is -0.750. The van der Waals surface area contributed by atoms with Crippen molar-refractivity contribution in [3.63, 3.8) is 0 Å². The predicted molar refractivity (Wildman–Crippen MR) is 87.1 cm³/mol. The molecule has 108 valence electrons. The molecule has 0 atom stereocenters. The lowest BCUT2D eigenvalue weighted by molar-refractivity contribution is 0.287. The molecule has 2 rings (SSSR count). The number of hydrogen-bond acceptors (Lipinski definition) is 4. The highest BCUT2D eigenvalue weighted by Crippen LogP contribution is 2.37. The number of benzene rings is 1. The topological polar surface area (TPSA) is 44.5 Å². The highest BCUT2D eigenvalue weighted by Gasteiger charge is 2.12. The first kappa shape index (κ1) is 15.6. The third-order valence-electron chi connectivity index (χ3n) is 2.71. The van der Waals surface area contributed by atoms with Crippen LogP contribution < -0.4 is 15.2 Å². The van der Waals surface area contributed by atoms with Crippen molar-refractivity contribution in [3.05, 3.63) is 43.5 Å². The summed E-state index contributed by atoms with van der Waals surface area (Å²) in [6.07, 6.45) is 0.758. The van der Waals surface area contributed by atoms with Gasteiger partial charge in [-0.15, -0.1) is 11.3 Å². The zero-order valence-corrected chi connectivity index (χ0v) is 14.1. The smallest absolute Gasteiger partial charge is 0.180 e. The van der Waals surface area contributed by atoms with Gasteiger partial charge in [0, 0.05) is 4.88 Å². The van der Waals surface area contributed by atoms with Crippen LogP contribution in [0.1, 0.15) is 10.4 Å². The summed E-state index contributed by atoms with van der Waals surface area (Å²) in [5, 5.41) is 0.545. The Kier molecular flexibility index (Phi) is 5.72. The highest BCUT2D eigenvalue weighted by atomic mass is 79.9. The van der Waals surface area contributed by atoms with Gasteiger partial charge < -0.3 is 15.2 Å². The van der Waals surface area contributed by atoms with Gasteiger partial charge in [0.1, 0.15) is 6.61 Å². The number of ether oxygens (including phenoxy) is 2. The lowest BCUT2D eigenvalue weighted by atomic mass is 10.1. The van der Waals surface area contributed by atoms with E-state index in [1.807, 2.05) is 24.3 Å². The van der Waals surface area contributed by atoms with Gasteiger partial charge in [0.2, 0.25) is 0 Å². The van der Waals surface area contributed by atoms with Gasteiger partial charge in [-0.3, -0.25) is 0 Å². The van der Waals surface area contributed by atoms with Crippen molar-refractivity contribution < 1.29 is 9.47 Å². The van der Waals surface area contributed by atoms with Gasteiger partial charge in [-0.2, -0.15) is 0 Å². The van der Waals surface area contributed by atoms with Crippen LogP contribution in [0.15, 0.2) is 28.1 Å². The van der Waals surface area contributed by atoms with Crippen LogP contribution in [0.25, 0.3) is 0 Å². The zero-order valence-electron chi connectivity index (χ0n) is 11.0. The van der Waals surface area contributed by atoms with E-state index in [1.54, 1.807) is 18.4 Å². The summed E-state index contributed by atoms with van der Waals surface area (Å²) < 4.78 is 12.2. The van der Waals surface area contributed by atoms with Crippen molar-refractivity contribution in [2.45, 2.75) is 13.0 Å². The molecule has 3 nitrogen and oxygen atoms in total. The van der Waals surface area contributed by atoms with Gasteiger partial charge in [0.15, 0.2) is 11.5 Å². The molecule has 0 aliphatic rings. The largest absolute Gasteiger partial charge is 0.493 e. The van der Waals surface area contributed by atoms with Crippen molar-refractivity contribution in [2.24, 2.45) is 5.73 Å². The summed E-state index contributed by atoms with van der Waals surface area (Å²) in [7, 11) is 1.60. The molecule has 0 unspecified atom stereocenters. The Morgan fingerprint density at radius 1 is 1.35 bits per heavy atom. The van der Waals surface area contributed by atoms with E-state index in [9.17, 15) is 0 Å². The fourth-order valence-corrected chi connectivity index (χ4v) is 3.48. The van der Waals surface area contributed by atoms with Gasteiger partial charge in [-0.25, -0.2) is 0 Å². The molecule has 1 aromatic heterocycles. The SMILES string of the molecule is COc1cc(CCN)cc(Cl)c1OCc1ccc(Br)s1. The standard InChI is InChI=1S/C14H15BrClNO2S/c1-18-12-7-9(4-5-17)6-11(16)14(12)19-8-10-2-3-13(15)20-10/h2-3,6-7H,4-5,8,17H2,1H3. The van der Waals surface area contributed by atoms with E-state index in [0.29, 0.717) is 29.7 Å². The second-order valence-corrected chi connectivity index (χ2v) is 7.10. The second kappa shape index (κ2) is 7.31. The molecule has 2 aromatic rings. The average molecular weight is 377 g/mol. The summed E-state index contributed by atoms with van der Waals surface area (Å²) in [6, 6.07) is 7.79. The molecule has 0 bridgehead atoms. The number of thiophene rings is 1. The summed E-state index contributed by atoms with van der Waals surface area (Å²) in [5.41, 5.74) is 6.60. The fraction of sp³-hybridized carbons (Fsp3) is 0.286. The molecule has 1 heterocycles. The number of nitrogens with two attached hydrogens (primary N) is 1. The molecular weight excluding hydrogens is 362 g/mol. The van der Waals surface area contributed by atoms with Crippen LogP contribution in [-0.4, -0.2) is 13.7 Å². The molecule has 0 amide bonds. The number of rotatable bonds is 6. The number of halogens is 2. The second-order valence-electron chi connectivity index (χ2n) is 4.14. The maximum Gasteiger partial charge on any atom is 0.180 e. The van der Waals surface area contributed by atoms with E-state index >= 15 is 0 Å². The minimum Gasteiger partial charge on any atom is -0.493 e. The van der Waals surface area contributed by atoms with E-state index < -0.39 is 0 Å². The third-order valence-corrected chi connectivity index (χ3v) is 4.59. The Morgan fingerprint density at radius 2 is 2.15 bits per heavy atom. The molecule has 1 aromatic carbocycles. The molecule has 0 aliphatic heterocycles. The Balaban J connectivity index is 2.17. The fourth-order valence-electron chi connectivity index (χ4n) is 1.80. The molecule has 0 radical (unpaired) electrons. The maximum absolute atomic E-state index is 6.27. The first-order valence-corrected chi connectivity index (χ1v) is 8.06. The molecular formula is C14H15BrClNO2S. The van der Waals surface area contributed by atoms with E-state index in [4.69, 9.17) is 26.8 Å². The molecule has 0 saturated carbocycles. The van der Waals surface area contributed by atoms with Crippen LogP contribution in [0.4, 0.5) is 0 Å². The van der Waals surface area contributed by atoms with E-state index in [-0.39, 0.29) is 0 Å². The molecule has 20 heavy (non-hydrogen) atoms. The third kappa shape index (κ3) is 3.88. The first-order valence-electron chi connectivity index (χ1n) is 6.07. The molecule has 6 heteroatoms. The summed E-state index contributed by atoms with van der Waals surface area (Å²) >= 11 is 11.3. The van der Waals surface area contributed by atoms with Crippen LogP contribution in [0.3, 0.4) is 0 Å². The molecule has 2 N–H and O–H groups in total. The van der Waals surface area contributed by atoms with Gasteiger partial charge in [-0.1, -0.05) is 11.6 Å². The van der Waals surface area contributed by atoms with E-state index in [2.05, 4.69) is 15.9 Å². The normalized spacial score (nSPS) is 10.6. The number of hydrogen-bond donors (Lipinski definition) is 1. The maximum atomic E-state index is 6.27. The van der Waals surface area contributed by atoms with Gasteiger partial charge in [0.25, 0.3) is 0 Å². The van der Waals surface area contributed by atoms with E-state index in [0.717, 1.165) is 20.6 Å². The van der Waals surface area contributed by atoms with Crippen molar-refractivity contribution in [1.29, 1.82) is 0 Å². The van der Waals surface area contributed by atoms with Gasteiger partial charge in [0.05, 0.1) is 15.9 Å². The summed E-state index contributed by atoms with van der Waals surface area (Å²) in [6.45, 7) is 1.03. The predicted octanol–water partition coefficient (Wildman–Crippen LogP) is 4.25. The molecule has 0 fully saturated rings. The monoisotopic (exact) mass is 375 g/mol. The van der Waals surface area contributed by atoms with Gasteiger partial charge >= 0.3 is 0 Å². The quantitative estimate of drug-likeness (QED) is 0.819. The van der Waals surface area contributed by atoms with Crippen molar-refractivity contribution >= 4 is 38.9 Å². The van der Waals surface area contributed by atoms with Crippen molar-refractivity contribution in [2.75, 3.05) is 13.7 Å². The Bertz CT molecular complexity index is 589. The van der Waals surface area contributed by atoms with Crippen LogP contribution in [-0.2, 0) is 13.0 Å². The zero-order chi connectivity index (χ0) is 14.5.